The molecule has 0 spiro atoms. The predicted octanol–water partition coefficient (Wildman–Crippen LogP) is 1.47. The van der Waals surface area contributed by atoms with Gasteiger partial charge in [0.2, 0.25) is 5.91 Å². The van der Waals surface area contributed by atoms with Gasteiger partial charge in [-0.05, 0) is 36.4 Å². The molecule has 1 unspecified atom stereocenters. The molecule has 0 radical (unpaired) electrons. The molecule has 1 heterocycles. The topological polar surface area (TPSA) is 87.7 Å². The van der Waals surface area contributed by atoms with Crippen LogP contribution >= 0.6 is 11.8 Å². The van der Waals surface area contributed by atoms with Crippen molar-refractivity contribution in [3.05, 3.63) is 29.8 Å². The van der Waals surface area contributed by atoms with Gasteiger partial charge in [-0.25, -0.2) is 0 Å². The summed E-state index contributed by atoms with van der Waals surface area (Å²) in [5.41, 5.74) is 6.80. The molecule has 0 aliphatic carbocycles. The highest BCUT2D eigenvalue weighted by molar-refractivity contribution is 7.99. The number of anilines is 1. The van der Waals surface area contributed by atoms with E-state index in [1.54, 1.807) is 24.3 Å². The first-order chi connectivity index (χ1) is 8.70. The molecule has 1 amide bonds. The summed E-state index contributed by atoms with van der Waals surface area (Å²) in [5, 5.41) is 14.3. The van der Waals surface area contributed by atoms with Crippen LogP contribution in [0.1, 0.15) is 12.0 Å². The van der Waals surface area contributed by atoms with Gasteiger partial charge in [-0.15, -0.1) is 0 Å². The van der Waals surface area contributed by atoms with Crippen LogP contribution in [-0.4, -0.2) is 28.5 Å². The molecular weight excluding hydrogens is 250 g/mol. The van der Waals surface area contributed by atoms with Crippen molar-refractivity contribution >= 4 is 29.2 Å². The van der Waals surface area contributed by atoms with Crippen LogP contribution in [0.5, 0.6) is 0 Å². The molecule has 1 fully saturated rings. The monoisotopic (exact) mass is 265 g/mol. The number of rotatable bonds is 3. The lowest BCUT2D eigenvalue weighted by Crippen LogP contribution is -2.22. The average molecular weight is 265 g/mol. The number of nitrogens with one attached hydrogen (secondary N) is 1. The van der Waals surface area contributed by atoms with Crippen LogP contribution in [0.25, 0.3) is 0 Å². The van der Waals surface area contributed by atoms with Crippen LogP contribution in [0.2, 0.25) is 0 Å². The number of hydrogen-bond acceptors (Lipinski definition) is 4. The van der Waals surface area contributed by atoms with Crippen molar-refractivity contribution in [1.82, 2.24) is 0 Å². The summed E-state index contributed by atoms with van der Waals surface area (Å²) in [5.74, 6) is 2.18. The minimum atomic E-state index is 0.0556. The molecule has 0 bridgehead atoms. The van der Waals surface area contributed by atoms with Crippen LogP contribution in [0.3, 0.4) is 0 Å². The van der Waals surface area contributed by atoms with Crippen LogP contribution in [-0.2, 0) is 4.79 Å². The summed E-state index contributed by atoms with van der Waals surface area (Å²) in [7, 11) is 0. The van der Waals surface area contributed by atoms with Crippen LogP contribution in [0, 0.1) is 5.92 Å². The SMILES string of the molecule is NC(=NO)c1ccc(NC(=O)C2CCSC2)cc1. The van der Waals surface area contributed by atoms with E-state index in [0.717, 1.165) is 23.6 Å². The van der Waals surface area contributed by atoms with E-state index in [9.17, 15) is 4.79 Å². The Bertz CT molecular complexity index is 453. The molecule has 4 N–H and O–H groups in total. The van der Waals surface area contributed by atoms with E-state index >= 15 is 0 Å². The van der Waals surface area contributed by atoms with E-state index < -0.39 is 0 Å². The van der Waals surface area contributed by atoms with Crippen LogP contribution in [0.4, 0.5) is 5.69 Å². The molecule has 1 saturated heterocycles. The molecule has 5 nitrogen and oxygen atoms in total. The number of nitrogens with two attached hydrogens (primary N) is 1. The van der Waals surface area contributed by atoms with Gasteiger partial charge >= 0.3 is 0 Å². The summed E-state index contributed by atoms with van der Waals surface area (Å²) < 4.78 is 0. The lowest BCUT2D eigenvalue weighted by molar-refractivity contribution is -0.119. The van der Waals surface area contributed by atoms with Gasteiger partial charge in [0.15, 0.2) is 5.84 Å². The molecule has 1 atom stereocenters. The van der Waals surface area contributed by atoms with E-state index in [0.29, 0.717) is 5.56 Å². The maximum absolute atomic E-state index is 11.9. The molecule has 1 aliphatic heterocycles. The molecule has 1 aromatic rings. The number of benzene rings is 1. The summed E-state index contributed by atoms with van der Waals surface area (Å²) >= 11 is 1.81. The van der Waals surface area contributed by atoms with Crippen molar-refractivity contribution in [2.24, 2.45) is 16.8 Å². The van der Waals surface area contributed by atoms with Crippen molar-refractivity contribution in [3.8, 4) is 0 Å². The quantitative estimate of drug-likeness (QED) is 0.334. The first-order valence-electron chi connectivity index (χ1n) is 5.67. The highest BCUT2D eigenvalue weighted by atomic mass is 32.2. The van der Waals surface area contributed by atoms with Gasteiger partial charge in [0, 0.05) is 22.9 Å². The second-order valence-electron chi connectivity index (χ2n) is 4.11. The van der Waals surface area contributed by atoms with Gasteiger partial charge in [-0.3, -0.25) is 4.79 Å². The Labute approximate surface area is 109 Å². The standard InChI is InChI=1S/C12H15N3O2S/c13-11(15-17)8-1-3-10(4-2-8)14-12(16)9-5-6-18-7-9/h1-4,9,17H,5-7H2,(H2,13,15)(H,14,16). The molecule has 6 heteroatoms. The van der Waals surface area contributed by atoms with Gasteiger partial charge in [-0.1, -0.05) is 5.16 Å². The minimum Gasteiger partial charge on any atom is -0.409 e. The molecule has 18 heavy (non-hydrogen) atoms. The second kappa shape index (κ2) is 5.77. The number of amidine groups is 1. The fourth-order valence-electron chi connectivity index (χ4n) is 1.77. The Kier molecular flexibility index (Phi) is 4.09. The number of thioether (sulfide) groups is 1. The Balaban J connectivity index is 1.99. The van der Waals surface area contributed by atoms with E-state index in [-0.39, 0.29) is 17.7 Å². The van der Waals surface area contributed by atoms with Crippen molar-refractivity contribution in [3.63, 3.8) is 0 Å². The fourth-order valence-corrected chi connectivity index (χ4v) is 2.99. The number of carbonyl (C=O) groups is 1. The lowest BCUT2D eigenvalue weighted by Gasteiger charge is -2.10. The maximum atomic E-state index is 11.9. The number of hydrogen-bond donors (Lipinski definition) is 3. The molecule has 2 rings (SSSR count). The van der Waals surface area contributed by atoms with E-state index in [1.165, 1.54) is 0 Å². The number of amides is 1. The highest BCUT2D eigenvalue weighted by Crippen LogP contribution is 2.24. The Morgan fingerprint density at radius 1 is 1.44 bits per heavy atom. The van der Waals surface area contributed by atoms with Gasteiger partial charge < -0.3 is 16.3 Å². The fraction of sp³-hybridized carbons (Fsp3) is 0.333. The first-order valence-corrected chi connectivity index (χ1v) is 6.82. The highest BCUT2D eigenvalue weighted by Gasteiger charge is 2.22. The van der Waals surface area contributed by atoms with Crippen molar-refractivity contribution in [2.45, 2.75) is 6.42 Å². The average Bonchev–Trinajstić information content (AvgIpc) is 2.92. The predicted molar refractivity (Wildman–Crippen MR) is 73.0 cm³/mol. The first kappa shape index (κ1) is 12.8. The third-order valence-corrected chi connectivity index (χ3v) is 4.02. The normalized spacial score (nSPS) is 19.8. The van der Waals surface area contributed by atoms with Gasteiger partial charge in [0.25, 0.3) is 0 Å². The van der Waals surface area contributed by atoms with Gasteiger partial charge in [-0.2, -0.15) is 11.8 Å². The molecule has 0 aromatic heterocycles. The largest absolute Gasteiger partial charge is 0.409 e. The van der Waals surface area contributed by atoms with Gasteiger partial charge in [0.1, 0.15) is 0 Å². The van der Waals surface area contributed by atoms with E-state index in [4.69, 9.17) is 10.9 Å². The Morgan fingerprint density at radius 2 is 2.17 bits per heavy atom. The molecule has 1 aliphatic rings. The number of nitrogens with zero attached hydrogens (tertiary/aromatic N) is 1. The number of carbonyl (C=O) groups excluding carboxylic acids is 1. The smallest absolute Gasteiger partial charge is 0.228 e. The van der Waals surface area contributed by atoms with Crippen molar-refractivity contribution in [1.29, 1.82) is 0 Å². The molecular formula is C12H15N3O2S. The minimum absolute atomic E-state index is 0.0556. The third kappa shape index (κ3) is 2.95. The van der Waals surface area contributed by atoms with E-state index in [1.807, 2.05) is 11.8 Å². The van der Waals surface area contributed by atoms with Crippen molar-refractivity contribution in [2.75, 3.05) is 16.8 Å². The molecule has 0 saturated carbocycles. The van der Waals surface area contributed by atoms with Gasteiger partial charge in [0.05, 0.1) is 0 Å². The lowest BCUT2D eigenvalue weighted by atomic mass is 10.1. The zero-order chi connectivity index (χ0) is 13.0. The Hall–Kier alpha value is -1.69. The molecule has 1 aromatic carbocycles. The third-order valence-electron chi connectivity index (χ3n) is 2.86. The summed E-state index contributed by atoms with van der Waals surface area (Å²) in [6.45, 7) is 0. The second-order valence-corrected chi connectivity index (χ2v) is 5.26. The van der Waals surface area contributed by atoms with E-state index in [2.05, 4.69) is 10.5 Å². The van der Waals surface area contributed by atoms with Crippen LogP contribution < -0.4 is 11.1 Å². The summed E-state index contributed by atoms with van der Waals surface area (Å²) in [4.78, 5) is 11.9. The summed E-state index contributed by atoms with van der Waals surface area (Å²) in [6, 6.07) is 6.89. The molecule has 96 valence electrons. The zero-order valence-corrected chi connectivity index (χ0v) is 10.6. The maximum Gasteiger partial charge on any atom is 0.228 e. The summed E-state index contributed by atoms with van der Waals surface area (Å²) in [6.07, 6.45) is 0.943. The zero-order valence-electron chi connectivity index (χ0n) is 9.80. The Morgan fingerprint density at radius 3 is 2.72 bits per heavy atom. The van der Waals surface area contributed by atoms with Crippen molar-refractivity contribution < 1.29 is 10.0 Å². The van der Waals surface area contributed by atoms with Crippen LogP contribution in [0.15, 0.2) is 29.4 Å². The number of oxime groups is 1.